The molecule has 88 heavy (non-hydrogen) atoms. The van der Waals surface area contributed by atoms with Gasteiger partial charge in [0.1, 0.15) is 0 Å². The minimum absolute atomic E-state index is 1.18. The molecule has 0 saturated heterocycles. The highest BCUT2D eigenvalue weighted by atomic mass is 14.3. The van der Waals surface area contributed by atoms with Crippen LogP contribution in [0.4, 0.5) is 0 Å². The second kappa shape index (κ2) is 20.1. The summed E-state index contributed by atoms with van der Waals surface area (Å²) in [4.78, 5) is 0. The zero-order valence-corrected chi connectivity index (χ0v) is 48.2. The van der Waals surface area contributed by atoms with Crippen LogP contribution in [-0.2, 0) is 0 Å². The van der Waals surface area contributed by atoms with Gasteiger partial charge in [-0.25, -0.2) is 0 Å². The van der Waals surface area contributed by atoms with Crippen molar-refractivity contribution in [1.82, 2.24) is 0 Å². The topological polar surface area (TPSA) is 0 Å². The average molecular weight is 1110 g/mol. The highest BCUT2D eigenvalue weighted by molar-refractivity contribution is 6.32. The maximum absolute atomic E-state index is 2.47. The molecule has 0 spiro atoms. The van der Waals surface area contributed by atoms with Crippen molar-refractivity contribution < 1.29 is 0 Å². The van der Waals surface area contributed by atoms with Crippen LogP contribution < -0.4 is 0 Å². The third-order valence-electron chi connectivity index (χ3n) is 19.0. The van der Waals surface area contributed by atoms with Gasteiger partial charge in [0, 0.05) is 0 Å². The fourth-order valence-electron chi connectivity index (χ4n) is 15.2. The molecule has 0 heterocycles. The van der Waals surface area contributed by atoms with Crippen LogP contribution in [0.1, 0.15) is 0 Å². The first-order valence-electron chi connectivity index (χ1n) is 30.6. The summed E-state index contributed by atoms with van der Waals surface area (Å²) in [6, 6.07) is 123. The van der Waals surface area contributed by atoms with Crippen molar-refractivity contribution in [2.24, 2.45) is 0 Å². The molecule has 18 aromatic carbocycles. The van der Waals surface area contributed by atoms with Crippen LogP contribution in [0, 0.1) is 0 Å². The lowest BCUT2D eigenvalue weighted by atomic mass is 9.79. The van der Waals surface area contributed by atoms with Gasteiger partial charge >= 0.3 is 0 Å². The molecule has 18 rings (SSSR count). The fraction of sp³-hybridized carbons (Fsp3) is 0. The lowest BCUT2D eigenvalue weighted by Gasteiger charge is -2.24. The smallest absolute Gasteiger partial charge is 0.00139 e. The Morgan fingerprint density at radius 3 is 0.591 bits per heavy atom. The van der Waals surface area contributed by atoms with E-state index in [1.807, 2.05) is 0 Å². The molecule has 0 saturated carbocycles. The molecule has 0 N–H and O–H groups in total. The third-order valence-corrected chi connectivity index (χ3v) is 19.0. The lowest BCUT2D eigenvalue weighted by molar-refractivity contribution is 1.59. The molecular weight excluding hydrogens is 1060 g/mol. The van der Waals surface area contributed by atoms with Gasteiger partial charge in [0.05, 0.1) is 0 Å². The van der Waals surface area contributed by atoms with Gasteiger partial charge in [-0.15, -0.1) is 0 Å². The van der Waals surface area contributed by atoms with Gasteiger partial charge < -0.3 is 0 Å². The number of hydrogen-bond acceptors (Lipinski definition) is 0. The van der Waals surface area contributed by atoms with Crippen LogP contribution in [-0.4, -0.2) is 0 Å². The number of rotatable bonds is 7. The van der Waals surface area contributed by atoms with E-state index in [-0.39, 0.29) is 0 Å². The van der Waals surface area contributed by atoms with Crippen molar-refractivity contribution >= 4 is 108 Å². The van der Waals surface area contributed by atoms with Crippen LogP contribution in [0.15, 0.2) is 328 Å². The predicted molar refractivity (Wildman–Crippen MR) is 380 cm³/mol. The Labute approximate surface area is 510 Å². The second-order valence-electron chi connectivity index (χ2n) is 23.6. The zero-order chi connectivity index (χ0) is 57.8. The minimum Gasteiger partial charge on any atom is -0.0622 e. The van der Waals surface area contributed by atoms with Gasteiger partial charge in [-0.2, -0.15) is 0 Å². The summed E-state index contributed by atoms with van der Waals surface area (Å²) in [6.07, 6.45) is 0. The van der Waals surface area contributed by atoms with Crippen molar-refractivity contribution in [3.63, 3.8) is 0 Å². The Morgan fingerprint density at radius 1 is 0.102 bits per heavy atom. The summed E-state index contributed by atoms with van der Waals surface area (Å²) in [5.41, 5.74) is 16.9. The zero-order valence-electron chi connectivity index (χ0n) is 48.2. The van der Waals surface area contributed by atoms with Crippen molar-refractivity contribution in [2.45, 2.75) is 0 Å². The van der Waals surface area contributed by atoms with E-state index in [2.05, 4.69) is 328 Å². The molecule has 0 aliphatic heterocycles. The summed E-state index contributed by atoms with van der Waals surface area (Å²) in [7, 11) is 0. The Hall–Kier alpha value is -11.4. The number of hydrogen-bond donors (Lipinski definition) is 0. The Bertz CT molecular complexity index is 5360. The van der Waals surface area contributed by atoms with E-state index >= 15 is 0 Å². The molecule has 0 amide bonds. The number of benzene rings is 18. The molecule has 0 fully saturated rings. The van der Waals surface area contributed by atoms with Gasteiger partial charge in [0.2, 0.25) is 0 Å². The molecule has 0 atom stereocenters. The molecular formula is C88H54. The highest BCUT2D eigenvalue weighted by Crippen LogP contribution is 2.53. The summed E-state index contributed by atoms with van der Waals surface area (Å²) >= 11 is 0. The largest absolute Gasteiger partial charge is 0.0622 e. The molecule has 0 aliphatic rings. The molecule has 0 heteroatoms. The first-order chi connectivity index (χ1) is 43.7. The van der Waals surface area contributed by atoms with E-state index < -0.39 is 0 Å². The lowest BCUT2D eigenvalue weighted by Crippen LogP contribution is -1.96. The van der Waals surface area contributed by atoms with Gasteiger partial charge in [0.15, 0.2) is 0 Å². The van der Waals surface area contributed by atoms with Gasteiger partial charge in [-0.1, -0.05) is 303 Å². The van der Waals surface area contributed by atoms with Gasteiger partial charge in [-0.05, 0) is 210 Å². The van der Waals surface area contributed by atoms with Crippen LogP contribution >= 0.6 is 0 Å². The van der Waals surface area contributed by atoms with E-state index in [9.17, 15) is 0 Å². The molecule has 406 valence electrons. The van der Waals surface area contributed by atoms with Crippen molar-refractivity contribution in [2.75, 3.05) is 0 Å². The molecule has 0 radical (unpaired) electrons. The number of fused-ring (bicyclic) bond motifs is 16. The average Bonchev–Trinajstić information content (AvgIpc) is 1.38. The van der Waals surface area contributed by atoms with E-state index in [4.69, 9.17) is 0 Å². The molecule has 0 unspecified atom stereocenters. The SMILES string of the molecule is c1ccc(-c2ccc(-c3ccc4c5ccccc5c5ccccc5c4c3)cc2-c2c3ccccc3c(-c3c4ccccc4c(-c4cc(-c5ccc6c7ccccc7c7ccccc7c6c5)ccc4-c4ccccc4)c4ccccc34)c3ccccc23)cc1. The third kappa shape index (κ3) is 7.72. The summed E-state index contributed by atoms with van der Waals surface area (Å²) in [6.45, 7) is 0. The van der Waals surface area contributed by atoms with Crippen molar-refractivity contribution in [3.8, 4) is 77.9 Å². The minimum atomic E-state index is 1.18. The summed E-state index contributed by atoms with van der Waals surface area (Å²) in [5, 5.41) is 25.1. The Kier molecular flexibility index (Phi) is 11.4. The standard InChI is InChI=1S/C88H54/c1-3-23-55(24-4-1)61-47-43-59(57-45-49-71-67-31-9-7-27-63(67)65-29-11-13-33-69(65)81(71)51-57)53-83(61)85-73-35-15-19-39-77(73)87(78-40-20-16-36-74(78)85)88-79-41-21-17-37-75(79)86(76-38-18-22-42-80(76)88)84-54-60(44-48-62(84)56-25-5-2-6-26-56)58-46-50-72-68-32-10-8-28-64(68)66-30-12-14-34-70(66)82(72)52-58/h1-54H. The normalized spacial score (nSPS) is 11.9. The van der Waals surface area contributed by atoms with Gasteiger partial charge in [-0.3, -0.25) is 0 Å². The maximum Gasteiger partial charge on any atom is -0.00139 e. The summed E-state index contributed by atoms with van der Waals surface area (Å²) in [5.74, 6) is 0. The van der Waals surface area contributed by atoms with Crippen molar-refractivity contribution in [1.29, 1.82) is 0 Å². The van der Waals surface area contributed by atoms with E-state index in [0.29, 0.717) is 0 Å². The van der Waals surface area contributed by atoms with E-state index in [1.165, 1.54) is 186 Å². The first kappa shape index (κ1) is 49.9. The summed E-state index contributed by atoms with van der Waals surface area (Å²) < 4.78 is 0. The first-order valence-corrected chi connectivity index (χ1v) is 30.6. The van der Waals surface area contributed by atoms with Crippen LogP contribution in [0.25, 0.3) is 186 Å². The van der Waals surface area contributed by atoms with Crippen LogP contribution in [0.2, 0.25) is 0 Å². The Morgan fingerprint density at radius 2 is 0.307 bits per heavy atom. The van der Waals surface area contributed by atoms with E-state index in [1.54, 1.807) is 0 Å². The fourth-order valence-corrected chi connectivity index (χ4v) is 15.2. The Balaban J connectivity index is 0.880. The second-order valence-corrected chi connectivity index (χ2v) is 23.6. The van der Waals surface area contributed by atoms with E-state index in [0.717, 1.165) is 0 Å². The molecule has 0 aliphatic carbocycles. The monoisotopic (exact) mass is 1110 g/mol. The quantitative estimate of drug-likeness (QED) is 0.110. The van der Waals surface area contributed by atoms with Crippen LogP contribution in [0.3, 0.4) is 0 Å². The predicted octanol–water partition coefficient (Wildman–Crippen LogP) is 24.9. The molecule has 0 aromatic heterocycles. The van der Waals surface area contributed by atoms with Gasteiger partial charge in [0.25, 0.3) is 0 Å². The molecule has 18 aromatic rings. The van der Waals surface area contributed by atoms with Crippen molar-refractivity contribution in [3.05, 3.63) is 328 Å². The molecule has 0 nitrogen and oxygen atoms in total. The molecule has 0 bridgehead atoms. The van der Waals surface area contributed by atoms with Crippen LogP contribution in [0.5, 0.6) is 0 Å². The maximum atomic E-state index is 2.47. The highest BCUT2D eigenvalue weighted by Gasteiger charge is 2.26.